The maximum Gasteiger partial charge on any atom is 0.109 e. The van der Waals surface area contributed by atoms with E-state index in [-0.39, 0.29) is 5.41 Å². The lowest BCUT2D eigenvalue weighted by molar-refractivity contribution is 0.180. The van der Waals surface area contributed by atoms with E-state index in [0.717, 1.165) is 30.1 Å². The van der Waals surface area contributed by atoms with Gasteiger partial charge in [-0.25, -0.2) is 4.98 Å². The van der Waals surface area contributed by atoms with Crippen molar-refractivity contribution in [3.63, 3.8) is 0 Å². The molecule has 0 aromatic carbocycles. The van der Waals surface area contributed by atoms with E-state index in [1.54, 1.807) is 0 Å². The Morgan fingerprint density at radius 1 is 1.20 bits per heavy atom. The van der Waals surface area contributed by atoms with Gasteiger partial charge in [-0.3, -0.25) is 4.98 Å². The van der Waals surface area contributed by atoms with Crippen LogP contribution in [-0.2, 0) is 0 Å². The van der Waals surface area contributed by atoms with E-state index in [4.69, 9.17) is 0 Å². The highest BCUT2D eigenvalue weighted by Crippen LogP contribution is 2.35. The number of fused-ring (bicyclic) bond motifs is 1. The van der Waals surface area contributed by atoms with E-state index in [1.807, 2.05) is 18.5 Å². The Hall–Kier alpha value is -1.42. The molecule has 3 heterocycles. The Balaban J connectivity index is 1.87. The third-order valence-electron chi connectivity index (χ3n) is 4.40. The van der Waals surface area contributed by atoms with Gasteiger partial charge < -0.3 is 10.3 Å². The summed E-state index contributed by atoms with van der Waals surface area (Å²) in [6.45, 7) is 9.19. The van der Waals surface area contributed by atoms with Gasteiger partial charge in [0.2, 0.25) is 0 Å². The van der Waals surface area contributed by atoms with E-state index in [1.165, 1.54) is 0 Å². The van der Waals surface area contributed by atoms with Gasteiger partial charge in [0.05, 0.1) is 11.9 Å². The Bertz CT molecular complexity index is 554. The Labute approximate surface area is 120 Å². The fourth-order valence-electron chi connectivity index (χ4n) is 3.18. The minimum atomic E-state index is 0.277. The molecule has 0 spiro atoms. The quantitative estimate of drug-likeness (QED) is 0.838. The third-order valence-corrected chi connectivity index (χ3v) is 4.40. The van der Waals surface area contributed by atoms with E-state index in [0.29, 0.717) is 18.0 Å². The summed E-state index contributed by atoms with van der Waals surface area (Å²) in [6, 6.07) is 3.08. The lowest BCUT2D eigenvalue weighted by Gasteiger charge is -2.41. The highest BCUT2D eigenvalue weighted by Gasteiger charge is 2.34. The molecule has 3 rings (SSSR count). The highest BCUT2D eigenvalue weighted by atomic mass is 15.0. The molecule has 0 aliphatic carbocycles. The molecule has 2 N–H and O–H groups in total. The van der Waals surface area contributed by atoms with Crippen molar-refractivity contribution in [2.24, 2.45) is 5.41 Å². The van der Waals surface area contributed by atoms with E-state index in [9.17, 15) is 0 Å². The van der Waals surface area contributed by atoms with Crippen LogP contribution < -0.4 is 5.32 Å². The van der Waals surface area contributed by atoms with Crippen molar-refractivity contribution in [2.75, 3.05) is 0 Å². The standard InChI is InChI=1S/C16H24N4/c1-10-7-11(8-14(19-10)16(2,3)4)15-18-9-13-12(20-15)5-6-17-13/h5-6,9-11,14,19H,7-8H2,1-4H3,(H,18,20). The molecule has 0 aromatic rings. The Morgan fingerprint density at radius 2 is 2.00 bits per heavy atom. The van der Waals surface area contributed by atoms with Crippen molar-refractivity contribution in [1.82, 2.24) is 20.3 Å². The monoisotopic (exact) mass is 272 g/mol. The Morgan fingerprint density at radius 3 is 2.75 bits per heavy atom. The molecule has 0 aromatic heterocycles. The number of aromatic amines is 1. The number of nitrogens with one attached hydrogen (secondary N) is 2. The van der Waals surface area contributed by atoms with Crippen LogP contribution in [-0.4, -0.2) is 27.0 Å². The molecular weight excluding hydrogens is 248 g/mol. The zero-order valence-electron chi connectivity index (χ0n) is 12.8. The highest BCUT2D eigenvalue weighted by molar-refractivity contribution is 5.54. The molecule has 0 radical (unpaired) electrons. The second kappa shape index (κ2) is 4.85. The molecule has 3 aliphatic heterocycles. The van der Waals surface area contributed by atoms with Crippen molar-refractivity contribution < 1.29 is 0 Å². The minimum Gasteiger partial charge on any atom is -0.342 e. The van der Waals surface area contributed by atoms with Gasteiger partial charge in [0, 0.05) is 24.2 Å². The zero-order chi connectivity index (χ0) is 14.3. The Kier molecular flexibility index (Phi) is 3.28. The number of hydrogen-bond donors (Lipinski definition) is 2. The largest absolute Gasteiger partial charge is 0.342 e. The van der Waals surface area contributed by atoms with Gasteiger partial charge in [0.25, 0.3) is 0 Å². The average Bonchev–Trinajstić information content (AvgIpc) is 2.84. The van der Waals surface area contributed by atoms with E-state index in [2.05, 4.69) is 48.0 Å². The number of rotatable bonds is 1. The molecule has 1 fully saturated rings. The van der Waals surface area contributed by atoms with Crippen molar-refractivity contribution >= 4 is 0 Å². The number of H-pyrrole nitrogens is 1. The second-order valence-electron chi connectivity index (χ2n) is 7.17. The molecule has 0 amide bonds. The van der Waals surface area contributed by atoms with Crippen LogP contribution in [0.1, 0.15) is 52.3 Å². The fourth-order valence-corrected chi connectivity index (χ4v) is 3.18. The van der Waals surface area contributed by atoms with Gasteiger partial charge in [-0.1, -0.05) is 20.8 Å². The van der Waals surface area contributed by atoms with Gasteiger partial charge >= 0.3 is 0 Å². The first-order valence-electron chi connectivity index (χ1n) is 7.49. The summed E-state index contributed by atoms with van der Waals surface area (Å²) in [7, 11) is 0. The summed E-state index contributed by atoms with van der Waals surface area (Å²) in [5, 5.41) is 3.73. The van der Waals surface area contributed by atoms with Crippen LogP contribution in [0.25, 0.3) is 11.4 Å². The van der Waals surface area contributed by atoms with E-state index >= 15 is 0 Å². The number of piperidine rings is 1. The number of aromatic nitrogens is 3. The smallest absolute Gasteiger partial charge is 0.109 e. The summed E-state index contributed by atoms with van der Waals surface area (Å²) in [5.74, 6) is 1.60. The predicted octanol–water partition coefficient (Wildman–Crippen LogP) is 3.18. The first kappa shape index (κ1) is 13.6. The molecule has 20 heavy (non-hydrogen) atoms. The van der Waals surface area contributed by atoms with Gasteiger partial charge in [0.1, 0.15) is 11.5 Å². The summed E-state index contributed by atoms with van der Waals surface area (Å²) >= 11 is 0. The summed E-state index contributed by atoms with van der Waals surface area (Å²) < 4.78 is 0. The van der Waals surface area contributed by atoms with Crippen molar-refractivity contribution in [3.05, 3.63) is 24.3 Å². The first-order valence-corrected chi connectivity index (χ1v) is 7.49. The molecule has 3 atom stereocenters. The van der Waals surface area contributed by atoms with Crippen LogP contribution in [0.3, 0.4) is 0 Å². The maximum absolute atomic E-state index is 4.61. The topological polar surface area (TPSA) is 53.6 Å². The molecule has 3 unspecified atom stereocenters. The van der Waals surface area contributed by atoms with Gasteiger partial charge in [-0.05, 0) is 31.2 Å². The zero-order valence-corrected chi connectivity index (χ0v) is 12.8. The SMILES string of the molecule is CC1CC(c2ncc3nccc-3[nH]2)CC(C(C)(C)C)N1. The molecule has 0 saturated carbocycles. The lowest BCUT2D eigenvalue weighted by atomic mass is 9.76. The number of nitrogens with zero attached hydrogens (tertiary/aromatic N) is 2. The van der Waals surface area contributed by atoms with Crippen LogP contribution in [0, 0.1) is 5.41 Å². The second-order valence-corrected chi connectivity index (χ2v) is 7.17. The fraction of sp³-hybridized carbons (Fsp3) is 0.625. The van der Waals surface area contributed by atoms with Crippen LogP contribution in [0.5, 0.6) is 0 Å². The molecular formula is C16H24N4. The number of hydrogen-bond acceptors (Lipinski definition) is 3. The van der Waals surface area contributed by atoms with Crippen LogP contribution in [0.4, 0.5) is 0 Å². The summed E-state index contributed by atoms with van der Waals surface area (Å²) in [6.07, 6.45) is 5.99. The molecule has 108 valence electrons. The van der Waals surface area contributed by atoms with Gasteiger partial charge in [0.15, 0.2) is 0 Å². The maximum atomic E-state index is 4.61. The molecule has 4 heteroatoms. The van der Waals surface area contributed by atoms with Crippen LogP contribution in [0.15, 0.2) is 18.5 Å². The van der Waals surface area contributed by atoms with E-state index < -0.39 is 0 Å². The molecule has 1 saturated heterocycles. The summed E-state index contributed by atoms with van der Waals surface area (Å²) in [5.41, 5.74) is 2.32. The van der Waals surface area contributed by atoms with Crippen molar-refractivity contribution in [2.45, 2.75) is 58.5 Å². The van der Waals surface area contributed by atoms with Gasteiger partial charge in [-0.15, -0.1) is 0 Å². The minimum absolute atomic E-state index is 0.277. The average molecular weight is 272 g/mol. The van der Waals surface area contributed by atoms with Gasteiger partial charge in [-0.2, -0.15) is 0 Å². The van der Waals surface area contributed by atoms with Crippen molar-refractivity contribution in [1.29, 1.82) is 0 Å². The predicted molar refractivity (Wildman–Crippen MR) is 80.8 cm³/mol. The van der Waals surface area contributed by atoms with Crippen LogP contribution >= 0.6 is 0 Å². The third kappa shape index (κ3) is 2.57. The first-order chi connectivity index (χ1) is 9.43. The summed E-state index contributed by atoms with van der Waals surface area (Å²) in [4.78, 5) is 12.3. The van der Waals surface area contributed by atoms with Crippen molar-refractivity contribution in [3.8, 4) is 11.4 Å². The normalized spacial score (nSPS) is 27.9. The molecule has 4 nitrogen and oxygen atoms in total. The lowest BCUT2D eigenvalue weighted by Crippen LogP contribution is -2.50. The molecule has 3 aliphatic rings. The molecule has 0 bridgehead atoms. The van der Waals surface area contributed by atoms with Crippen LogP contribution in [0.2, 0.25) is 0 Å².